The molecule has 0 rings (SSSR count). The lowest BCUT2D eigenvalue weighted by atomic mass is 10.1. The molecule has 0 spiro atoms. The number of thioether (sulfide) groups is 1. The van der Waals surface area contributed by atoms with E-state index in [9.17, 15) is 4.79 Å². The van der Waals surface area contributed by atoms with Gasteiger partial charge in [-0.25, -0.2) is 0 Å². The van der Waals surface area contributed by atoms with E-state index < -0.39 is 5.54 Å². The molecule has 0 radical (unpaired) electrons. The van der Waals surface area contributed by atoms with Crippen molar-refractivity contribution in [1.29, 1.82) is 0 Å². The van der Waals surface area contributed by atoms with Gasteiger partial charge in [0.2, 0.25) is 5.91 Å². The molecule has 0 aromatic rings. The Hall–Kier alpha value is -0.220. The molecule has 3 nitrogen and oxygen atoms in total. The van der Waals surface area contributed by atoms with Gasteiger partial charge in [-0.15, -0.1) is 0 Å². The van der Waals surface area contributed by atoms with Crippen molar-refractivity contribution in [3.05, 3.63) is 0 Å². The van der Waals surface area contributed by atoms with Crippen LogP contribution < -0.4 is 11.1 Å². The first-order valence-electron chi connectivity index (χ1n) is 5.02. The first kappa shape index (κ1) is 13.8. The second kappa shape index (κ2) is 6.30. The number of likely N-dealkylation sites (N-methyl/N-ethyl adjacent to an activating group) is 1. The summed E-state index contributed by atoms with van der Waals surface area (Å²) in [7, 11) is 1.77. The molecule has 1 amide bonds. The highest BCUT2D eigenvalue weighted by molar-refractivity contribution is 7.99. The van der Waals surface area contributed by atoms with Gasteiger partial charge in [0.25, 0.3) is 0 Å². The van der Waals surface area contributed by atoms with E-state index in [1.165, 1.54) is 6.42 Å². The van der Waals surface area contributed by atoms with E-state index in [1.807, 2.05) is 6.92 Å². The highest BCUT2D eigenvalue weighted by Gasteiger charge is 2.28. The Morgan fingerprint density at radius 1 is 1.64 bits per heavy atom. The van der Waals surface area contributed by atoms with Gasteiger partial charge in [0.1, 0.15) is 5.54 Å². The zero-order chi connectivity index (χ0) is 11.2. The second-order valence-electron chi connectivity index (χ2n) is 3.97. The summed E-state index contributed by atoms with van der Waals surface area (Å²) in [4.78, 5) is 11.1. The van der Waals surface area contributed by atoms with E-state index >= 15 is 0 Å². The third kappa shape index (κ3) is 4.33. The minimum Gasteiger partial charge on any atom is -0.368 e. The highest BCUT2D eigenvalue weighted by Crippen LogP contribution is 2.17. The first-order valence-corrected chi connectivity index (χ1v) is 6.18. The molecule has 84 valence electrons. The molecule has 0 aromatic heterocycles. The largest absolute Gasteiger partial charge is 0.368 e. The van der Waals surface area contributed by atoms with Crippen molar-refractivity contribution in [2.24, 2.45) is 11.7 Å². The molecule has 0 aliphatic carbocycles. The monoisotopic (exact) mass is 218 g/mol. The maximum atomic E-state index is 11.1. The fraction of sp³-hybridized carbons (Fsp3) is 0.900. The smallest absolute Gasteiger partial charge is 0.238 e. The van der Waals surface area contributed by atoms with Crippen LogP contribution in [0.5, 0.6) is 0 Å². The molecule has 0 aliphatic heterocycles. The van der Waals surface area contributed by atoms with Gasteiger partial charge in [0, 0.05) is 5.75 Å². The van der Waals surface area contributed by atoms with Crippen LogP contribution in [0.3, 0.4) is 0 Å². The van der Waals surface area contributed by atoms with Gasteiger partial charge < -0.3 is 11.1 Å². The molecule has 3 N–H and O–H groups in total. The van der Waals surface area contributed by atoms with Gasteiger partial charge in [0.15, 0.2) is 0 Å². The van der Waals surface area contributed by atoms with E-state index in [0.29, 0.717) is 5.92 Å². The topological polar surface area (TPSA) is 55.1 Å². The van der Waals surface area contributed by atoms with Gasteiger partial charge in [-0.1, -0.05) is 20.3 Å². The van der Waals surface area contributed by atoms with Crippen molar-refractivity contribution in [1.82, 2.24) is 5.32 Å². The summed E-state index contributed by atoms with van der Waals surface area (Å²) >= 11 is 1.78. The average Bonchev–Trinajstić information content (AvgIpc) is 2.16. The molecule has 0 aliphatic rings. The lowest BCUT2D eigenvalue weighted by Crippen LogP contribution is -2.53. The van der Waals surface area contributed by atoms with E-state index in [1.54, 1.807) is 18.8 Å². The fourth-order valence-corrected chi connectivity index (χ4v) is 2.30. The van der Waals surface area contributed by atoms with Gasteiger partial charge in [-0.3, -0.25) is 4.79 Å². The standard InChI is InChI=1S/C10H22N2OS/c1-5-8(2)6-14-7-10(3,12-4)9(11)13/h8,12H,5-7H2,1-4H3,(H2,11,13). The molecule has 0 bridgehead atoms. The maximum absolute atomic E-state index is 11.1. The first-order chi connectivity index (χ1) is 6.46. The molecule has 14 heavy (non-hydrogen) atoms. The number of hydrogen-bond donors (Lipinski definition) is 2. The third-order valence-electron chi connectivity index (χ3n) is 2.59. The van der Waals surface area contributed by atoms with Crippen LogP contribution in [0.15, 0.2) is 0 Å². The predicted molar refractivity (Wildman–Crippen MR) is 63.4 cm³/mol. The average molecular weight is 218 g/mol. The zero-order valence-electron chi connectivity index (χ0n) is 9.59. The lowest BCUT2D eigenvalue weighted by Gasteiger charge is -2.25. The number of amides is 1. The Labute approximate surface area is 91.2 Å². The van der Waals surface area contributed by atoms with Crippen molar-refractivity contribution in [2.45, 2.75) is 32.7 Å². The normalized spacial score (nSPS) is 17.4. The molecule has 2 unspecified atom stereocenters. The van der Waals surface area contributed by atoms with Crippen LogP contribution in [-0.4, -0.2) is 30.0 Å². The summed E-state index contributed by atoms with van der Waals surface area (Å²) in [5.74, 6) is 2.25. The maximum Gasteiger partial charge on any atom is 0.238 e. The molecular formula is C10H22N2OS. The van der Waals surface area contributed by atoms with E-state index in [2.05, 4.69) is 19.2 Å². The number of carbonyl (C=O) groups is 1. The number of primary amides is 1. The van der Waals surface area contributed by atoms with E-state index in [-0.39, 0.29) is 5.91 Å². The summed E-state index contributed by atoms with van der Waals surface area (Å²) in [5.41, 5.74) is 4.74. The molecule has 0 aromatic carbocycles. The Balaban J connectivity index is 3.90. The Morgan fingerprint density at radius 2 is 2.21 bits per heavy atom. The number of nitrogens with two attached hydrogens (primary N) is 1. The molecule has 2 atom stereocenters. The summed E-state index contributed by atoms with van der Waals surface area (Å²) in [6.45, 7) is 6.24. The number of nitrogens with one attached hydrogen (secondary N) is 1. The van der Waals surface area contributed by atoms with Crippen LogP contribution >= 0.6 is 11.8 Å². The summed E-state index contributed by atoms with van der Waals surface area (Å²) in [6, 6.07) is 0. The Bertz CT molecular complexity index is 187. The summed E-state index contributed by atoms with van der Waals surface area (Å²) < 4.78 is 0. The fourth-order valence-electron chi connectivity index (χ4n) is 0.849. The molecule has 0 heterocycles. The number of hydrogen-bond acceptors (Lipinski definition) is 3. The quantitative estimate of drug-likeness (QED) is 0.676. The van der Waals surface area contributed by atoms with Crippen LogP contribution in [0.25, 0.3) is 0 Å². The van der Waals surface area contributed by atoms with Crippen LogP contribution in [0, 0.1) is 5.92 Å². The van der Waals surface area contributed by atoms with Gasteiger partial charge in [-0.05, 0) is 25.6 Å². The zero-order valence-corrected chi connectivity index (χ0v) is 10.4. The van der Waals surface area contributed by atoms with Crippen molar-refractivity contribution >= 4 is 17.7 Å². The van der Waals surface area contributed by atoms with Crippen LogP contribution in [0.1, 0.15) is 27.2 Å². The van der Waals surface area contributed by atoms with Crippen LogP contribution in [0.2, 0.25) is 0 Å². The molecular weight excluding hydrogens is 196 g/mol. The summed E-state index contributed by atoms with van der Waals surface area (Å²) in [5, 5.41) is 2.97. The predicted octanol–water partition coefficient (Wildman–Crippen LogP) is 1.23. The second-order valence-corrected chi connectivity index (χ2v) is 5.01. The van der Waals surface area contributed by atoms with Crippen LogP contribution in [0.4, 0.5) is 0 Å². The highest BCUT2D eigenvalue weighted by atomic mass is 32.2. The van der Waals surface area contributed by atoms with Gasteiger partial charge in [-0.2, -0.15) is 11.8 Å². The van der Waals surface area contributed by atoms with E-state index in [4.69, 9.17) is 5.73 Å². The van der Waals surface area contributed by atoms with Gasteiger partial charge >= 0.3 is 0 Å². The van der Waals surface area contributed by atoms with Crippen LogP contribution in [-0.2, 0) is 4.79 Å². The van der Waals surface area contributed by atoms with Crippen molar-refractivity contribution in [3.8, 4) is 0 Å². The van der Waals surface area contributed by atoms with Crippen molar-refractivity contribution in [3.63, 3.8) is 0 Å². The minimum atomic E-state index is -0.571. The SMILES string of the molecule is CCC(C)CSCC(C)(NC)C(N)=O. The van der Waals surface area contributed by atoms with E-state index in [0.717, 1.165) is 11.5 Å². The third-order valence-corrected chi connectivity index (χ3v) is 4.17. The summed E-state index contributed by atoms with van der Waals surface area (Å²) in [6.07, 6.45) is 1.18. The molecule has 0 saturated heterocycles. The molecule has 0 saturated carbocycles. The van der Waals surface area contributed by atoms with Crippen molar-refractivity contribution < 1.29 is 4.79 Å². The van der Waals surface area contributed by atoms with Crippen molar-refractivity contribution in [2.75, 3.05) is 18.6 Å². The number of rotatable bonds is 7. The van der Waals surface area contributed by atoms with Gasteiger partial charge in [0.05, 0.1) is 0 Å². The Kier molecular flexibility index (Phi) is 6.20. The molecule has 4 heteroatoms. The Morgan fingerprint density at radius 3 is 2.57 bits per heavy atom. The molecule has 0 fully saturated rings. The lowest BCUT2D eigenvalue weighted by molar-refractivity contribution is -0.122. The number of carbonyl (C=O) groups excluding carboxylic acids is 1. The minimum absolute atomic E-state index is 0.281.